The lowest BCUT2D eigenvalue weighted by molar-refractivity contribution is 0.168. The van der Waals surface area contributed by atoms with Crippen molar-refractivity contribution in [2.24, 2.45) is 0 Å². The Morgan fingerprint density at radius 3 is 2.86 bits per heavy atom. The minimum absolute atomic E-state index is 0.277. The fraction of sp³-hybridized carbons (Fsp3) is 0.136. The maximum absolute atomic E-state index is 12.1. The van der Waals surface area contributed by atoms with Gasteiger partial charge < -0.3 is 9.15 Å². The molecule has 1 amide bonds. The number of aromatic nitrogens is 1. The molecule has 0 aliphatic rings. The molecule has 2 aromatic heterocycles. The Kier molecular flexibility index (Phi) is 5.48. The first-order valence-electron chi connectivity index (χ1n) is 9.11. The third-order valence-electron chi connectivity index (χ3n) is 4.34. The summed E-state index contributed by atoms with van der Waals surface area (Å²) in [5.74, 6) is 0.598. The Morgan fingerprint density at radius 2 is 2.00 bits per heavy atom. The minimum Gasteiger partial charge on any atom is -0.450 e. The van der Waals surface area contributed by atoms with E-state index in [1.807, 2.05) is 36.4 Å². The molecule has 4 rings (SSSR count). The molecule has 0 aliphatic carbocycles. The van der Waals surface area contributed by atoms with Crippen LogP contribution in [-0.2, 0) is 10.5 Å². The summed E-state index contributed by atoms with van der Waals surface area (Å²) < 4.78 is 10.2. The van der Waals surface area contributed by atoms with Gasteiger partial charge in [-0.25, -0.2) is 9.59 Å². The molecule has 29 heavy (non-hydrogen) atoms. The summed E-state index contributed by atoms with van der Waals surface area (Å²) in [5, 5.41) is 4.52. The number of fused-ring (bicyclic) bond motifs is 2. The van der Waals surface area contributed by atoms with E-state index < -0.39 is 11.7 Å². The van der Waals surface area contributed by atoms with Crippen LogP contribution in [0.1, 0.15) is 12.5 Å². The van der Waals surface area contributed by atoms with Crippen molar-refractivity contribution in [1.29, 1.82) is 0 Å². The molecule has 4 aromatic rings. The second kappa shape index (κ2) is 8.36. The number of thioether (sulfide) groups is 1. The van der Waals surface area contributed by atoms with E-state index in [0.717, 1.165) is 26.7 Å². The largest absolute Gasteiger partial charge is 0.450 e. The second-order valence-electron chi connectivity index (χ2n) is 6.26. The molecule has 146 valence electrons. The molecule has 0 saturated heterocycles. The SMILES string of the molecule is CCOC(=O)Nc1ccc2c(CSc3ccnc4ccccc34)cc(=O)oc2c1. The van der Waals surface area contributed by atoms with Crippen molar-refractivity contribution < 1.29 is 13.9 Å². The molecule has 0 fully saturated rings. The molecule has 0 saturated carbocycles. The highest BCUT2D eigenvalue weighted by Crippen LogP contribution is 2.31. The highest BCUT2D eigenvalue weighted by atomic mass is 32.2. The molecule has 7 heteroatoms. The number of carbonyl (C=O) groups excluding carboxylic acids is 1. The number of amides is 1. The zero-order valence-corrected chi connectivity index (χ0v) is 16.5. The van der Waals surface area contributed by atoms with Crippen LogP contribution in [0.25, 0.3) is 21.9 Å². The van der Waals surface area contributed by atoms with Crippen LogP contribution in [-0.4, -0.2) is 17.7 Å². The van der Waals surface area contributed by atoms with Crippen molar-refractivity contribution in [3.63, 3.8) is 0 Å². The van der Waals surface area contributed by atoms with Crippen molar-refractivity contribution >= 4 is 45.4 Å². The number of nitrogens with one attached hydrogen (secondary N) is 1. The minimum atomic E-state index is -0.550. The number of rotatable bonds is 5. The highest BCUT2D eigenvalue weighted by Gasteiger charge is 2.10. The fourth-order valence-electron chi connectivity index (χ4n) is 3.06. The molecular weight excluding hydrogens is 388 g/mol. The third kappa shape index (κ3) is 4.25. The number of para-hydroxylation sites is 1. The van der Waals surface area contributed by atoms with Crippen LogP contribution in [0.15, 0.2) is 74.9 Å². The first-order valence-corrected chi connectivity index (χ1v) is 10.1. The summed E-state index contributed by atoms with van der Waals surface area (Å²) in [6, 6.07) is 16.7. The first-order chi connectivity index (χ1) is 14.1. The molecule has 6 nitrogen and oxygen atoms in total. The normalized spacial score (nSPS) is 10.9. The van der Waals surface area contributed by atoms with E-state index in [2.05, 4.69) is 10.3 Å². The number of pyridine rings is 1. The predicted molar refractivity (Wildman–Crippen MR) is 114 cm³/mol. The van der Waals surface area contributed by atoms with Crippen LogP contribution in [0.5, 0.6) is 0 Å². The molecule has 0 atom stereocenters. The van der Waals surface area contributed by atoms with Crippen LogP contribution in [0, 0.1) is 0 Å². The van der Waals surface area contributed by atoms with Gasteiger partial charge in [0.2, 0.25) is 0 Å². The van der Waals surface area contributed by atoms with Gasteiger partial charge >= 0.3 is 11.7 Å². The lowest BCUT2D eigenvalue weighted by Gasteiger charge is -2.09. The van der Waals surface area contributed by atoms with Crippen LogP contribution >= 0.6 is 11.8 Å². The third-order valence-corrected chi connectivity index (χ3v) is 5.47. The molecule has 2 heterocycles. The van der Waals surface area contributed by atoms with E-state index in [4.69, 9.17) is 9.15 Å². The average Bonchev–Trinajstić information content (AvgIpc) is 2.71. The van der Waals surface area contributed by atoms with E-state index in [1.165, 1.54) is 6.07 Å². The molecule has 2 aromatic carbocycles. The first kappa shape index (κ1) is 19.0. The van der Waals surface area contributed by atoms with E-state index in [-0.39, 0.29) is 6.61 Å². The van der Waals surface area contributed by atoms with Crippen LogP contribution in [0.3, 0.4) is 0 Å². The lowest BCUT2D eigenvalue weighted by Crippen LogP contribution is -2.13. The summed E-state index contributed by atoms with van der Waals surface area (Å²) >= 11 is 1.64. The Morgan fingerprint density at radius 1 is 1.14 bits per heavy atom. The molecule has 0 bridgehead atoms. The van der Waals surface area contributed by atoms with Gasteiger partial charge in [0.25, 0.3) is 0 Å². The summed E-state index contributed by atoms with van der Waals surface area (Å²) in [5.41, 5.74) is 2.29. The van der Waals surface area contributed by atoms with Gasteiger partial charge in [0.1, 0.15) is 5.58 Å². The molecule has 1 N–H and O–H groups in total. The zero-order chi connectivity index (χ0) is 20.2. The van der Waals surface area contributed by atoms with Gasteiger partial charge in [0.15, 0.2) is 0 Å². The maximum atomic E-state index is 12.1. The maximum Gasteiger partial charge on any atom is 0.411 e. The summed E-state index contributed by atoms with van der Waals surface area (Å²) in [6.45, 7) is 2.01. The van der Waals surface area contributed by atoms with Gasteiger partial charge in [0.05, 0.1) is 12.1 Å². The van der Waals surface area contributed by atoms with Gasteiger partial charge in [-0.05, 0) is 36.8 Å². The van der Waals surface area contributed by atoms with E-state index in [1.54, 1.807) is 37.0 Å². The van der Waals surface area contributed by atoms with E-state index >= 15 is 0 Å². The number of benzene rings is 2. The molecule has 0 spiro atoms. The van der Waals surface area contributed by atoms with Crippen molar-refractivity contribution in [1.82, 2.24) is 4.98 Å². The van der Waals surface area contributed by atoms with Gasteiger partial charge in [-0.3, -0.25) is 10.3 Å². The van der Waals surface area contributed by atoms with E-state index in [9.17, 15) is 9.59 Å². The summed E-state index contributed by atoms with van der Waals surface area (Å²) in [7, 11) is 0. The average molecular weight is 406 g/mol. The van der Waals surface area contributed by atoms with E-state index in [0.29, 0.717) is 17.0 Å². The number of hydrogen-bond acceptors (Lipinski definition) is 6. The Balaban J connectivity index is 1.63. The van der Waals surface area contributed by atoms with Crippen molar-refractivity contribution in [3.05, 3.63) is 76.8 Å². The number of nitrogens with zero attached hydrogens (tertiary/aromatic N) is 1. The van der Waals surface area contributed by atoms with Crippen LogP contribution < -0.4 is 10.9 Å². The Bertz CT molecular complexity index is 1250. The van der Waals surface area contributed by atoms with Gasteiger partial charge in [-0.1, -0.05) is 18.2 Å². The van der Waals surface area contributed by atoms with Crippen molar-refractivity contribution in [2.75, 3.05) is 11.9 Å². The fourth-order valence-corrected chi connectivity index (χ4v) is 4.10. The monoisotopic (exact) mass is 406 g/mol. The molecule has 0 aliphatic heterocycles. The van der Waals surface area contributed by atoms with Gasteiger partial charge in [-0.15, -0.1) is 11.8 Å². The van der Waals surface area contributed by atoms with Crippen LogP contribution in [0.4, 0.5) is 10.5 Å². The quantitative estimate of drug-likeness (QED) is 0.362. The van der Waals surface area contributed by atoms with Crippen molar-refractivity contribution in [3.8, 4) is 0 Å². The van der Waals surface area contributed by atoms with Gasteiger partial charge in [0, 0.05) is 45.4 Å². The number of anilines is 1. The molecule has 0 radical (unpaired) electrons. The topological polar surface area (TPSA) is 81.4 Å². The van der Waals surface area contributed by atoms with Gasteiger partial charge in [-0.2, -0.15) is 0 Å². The summed E-state index contributed by atoms with van der Waals surface area (Å²) in [6.07, 6.45) is 1.24. The molecular formula is C22H18N2O4S. The highest BCUT2D eigenvalue weighted by molar-refractivity contribution is 7.98. The summed E-state index contributed by atoms with van der Waals surface area (Å²) in [4.78, 5) is 29.2. The lowest BCUT2D eigenvalue weighted by atomic mass is 10.1. The number of ether oxygens (including phenoxy) is 1. The predicted octanol–water partition coefficient (Wildman–Crippen LogP) is 5.20. The number of carbonyl (C=O) groups is 1. The Hall–Kier alpha value is -3.32. The standard InChI is InChI=1S/C22H18N2O4S/c1-2-27-22(26)24-15-7-8-16-14(11-21(25)28-19(16)12-15)13-29-20-9-10-23-18-6-4-3-5-17(18)20/h3-12H,2,13H2,1H3,(H,24,26). The zero-order valence-electron chi connectivity index (χ0n) is 15.7. The van der Waals surface area contributed by atoms with Crippen LogP contribution in [0.2, 0.25) is 0 Å². The second-order valence-corrected chi connectivity index (χ2v) is 7.28. The Labute approximate surface area is 170 Å². The smallest absolute Gasteiger partial charge is 0.411 e. The number of hydrogen-bond donors (Lipinski definition) is 1. The van der Waals surface area contributed by atoms with Crippen molar-refractivity contribution in [2.45, 2.75) is 17.6 Å². The molecule has 0 unspecified atom stereocenters.